The minimum atomic E-state index is -5.67. The van der Waals surface area contributed by atoms with Crippen molar-refractivity contribution >= 4 is 22.5 Å². The van der Waals surface area contributed by atoms with E-state index >= 15 is 0 Å². The Morgan fingerprint density at radius 2 is 2.06 bits per heavy atom. The van der Waals surface area contributed by atoms with Crippen LogP contribution in [0.1, 0.15) is 19.8 Å². The van der Waals surface area contributed by atoms with Gasteiger partial charge in [-0.05, 0) is 6.42 Å². The Kier molecular flexibility index (Phi) is 5.93. The van der Waals surface area contributed by atoms with Crippen molar-refractivity contribution < 1.29 is 31.1 Å². The van der Waals surface area contributed by atoms with E-state index in [2.05, 4.69) is 9.13 Å². The molecule has 0 aliphatic carbocycles. The number of hydrogen-bond acceptors (Lipinski definition) is 4. The molecule has 0 aliphatic heterocycles. The quantitative estimate of drug-likeness (QED) is 0.354. The number of alkyl carbamates (subject to hydrolysis) is 1. The standard InChI is InChI=1S/C7H10F3N2O4S/c1-2-3-4-16-6(13)11-5-12-17(14,15)7(8,9)10/h2-4H2,1H3,(H,11,12,13). The van der Waals surface area contributed by atoms with Crippen LogP contribution in [0.2, 0.25) is 0 Å². The molecule has 0 aromatic heterocycles. The van der Waals surface area contributed by atoms with E-state index in [0.29, 0.717) is 6.42 Å². The number of hydrogen-bond donors (Lipinski definition) is 1. The second-order valence-electron chi connectivity index (χ2n) is 2.74. The van der Waals surface area contributed by atoms with Gasteiger partial charge in [0.2, 0.25) is 0 Å². The Hall–Kier alpha value is -1.32. The summed E-state index contributed by atoms with van der Waals surface area (Å²) in [5.74, 6) is 0. The first kappa shape index (κ1) is 15.7. The van der Waals surface area contributed by atoms with Crippen LogP contribution in [-0.4, -0.2) is 33.0 Å². The topological polar surface area (TPSA) is 84.8 Å². The van der Waals surface area contributed by atoms with E-state index in [4.69, 9.17) is 0 Å². The molecule has 0 aliphatic rings. The van der Waals surface area contributed by atoms with Crippen LogP contribution in [0.3, 0.4) is 0 Å². The van der Waals surface area contributed by atoms with Gasteiger partial charge in [0.1, 0.15) is 0 Å². The van der Waals surface area contributed by atoms with Crippen molar-refractivity contribution in [3.8, 4) is 0 Å². The van der Waals surface area contributed by atoms with Crippen molar-refractivity contribution in [2.75, 3.05) is 6.61 Å². The largest absolute Gasteiger partial charge is 0.518 e. The fourth-order valence-electron chi connectivity index (χ4n) is 0.526. The van der Waals surface area contributed by atoms with Crippen LogP contribution in [0.5, 0.6) is 0 Å². The molecule has 0 heterocycles. The van der Waals surface area contributed by atoms with E-state index in [1.165, 1.54) is 11.7 Å². The normalized spacial score (nSPS) is 12.7. The molecule has 17 heavy (non-hydrogen) atoms. The molecule has 0 bridgehead atoms. The third-order valence-corrected chi connectivity index (χ3v) is 2.26. The molecular weight excluding hydrogens is 265 g/mol. The zero-order valence-electron chi connectivity index (χ0n) is 8.74. The molecule has 1 amide bonds. The number of nitrogens with one attached hydrogen (secondary N) is 1. The minimum absolute atomic E-state index is 0.0655. The number of carbonyl (C=O) groups excluding carboxylic acids is 1. The maximum atomic E-state index is 11.7. The van der Waals surface area contributed by atoms with Gasteiger partial charge in [-0.25, -0.2) is 4.79 Å². The van der Waals surface area contributed by atoms with E-state index in [0.717, 1.165) is 6.42 Å². The van der Waals surface area contributed by atoms with E-state index < -0.39 is 21.6 Å². The van der Waals surface area contributed by atoms with Gasteiger partial charge in [-0.2, -0.15) is 21.6 Å². The third-order valence-electron chi connectivity index (χ3n) is 1.35. The van der Waals surface area contributed by atoms with Crippen molar-refractivity contribution in [3.63, 3.8) is 0 Å². The number of amides is 1. The highest BCUT2D eigenvalue weighted by Crippen LogP contribution is 2.23. The van der Waals surface area contributed by atoms with Crippen LogP contribution in [0.4, 0.5) is 18.0 Å². The highest BCUT2D eigenvalue weighted by Gasteiger charge is 2.45. The molecule has 0 saturated carbocycles. The number of ether oxygens (including phenoxy) is 1. The predicted molar refractivity (Wildman–Crippen MR) is 51.8 cm³/mol. The molecule has 0 aromatic rings. The van der Waals surface area contributed by atoms with Crippen molar-refractivity contribution in [2.24, 2.45) is 4.40 Å². The maximum Gasteiger partial charge on any atom is 0.518 e. The molecule has 10 heteroatoms. The van der Waals surface area contributed by atoms with Crippen LogP contribution in [0, 0.1) is 0 Å². The van der Waals surface area contributed by atoms with Crippen LogP contribution < -0.4 is 5.32 Å². The lowest BCUT2D eigenvalue weighted by atomic mass is 10.4. The minimum Gasteiger partial charge on any atom is -0.449 e. The van der Waals surface area contributed by atoms with E-state index in [1.807, 2.05) is 6.92 Å². The van der Waals surface area contributed by atoms with Gasteiger partial charge < -0.3 is 4.74 Å². The fraction of sp³-hybridized carbons (Fsp3) is 0.714. The Morgan fingerprint density at radius 1 is 1.47 bits per heavy atom. The second-order valence-corrected chi connectivity index (χ2v) is 4.33. The molecule has 1 N–H and O–H groups in total. The van der Waals surface area contributed by atoms with Gasteiger partial charge in [-0.15, -0.1) is 4.40 Å². The Bertz CT molecular complexity index is 377. The first-order valence-corrected chi connectivity index (χ1v) is 5.85. The lowest BCUT2D eigenvalue weighted by Gasteiger charge is -2.02. The number of alkyl halides is 3. The number of rotatable bonds is 5. The number of carbonyl (C=O) groups is 1. The monoisotopic (exact) mass is 275 g/mol. The number of unbranched alkanes of at least 4 members (excludes halogenated alkanes) is 1. The first-order chi connectivity index (χ1) is 7.70. The molecule has 0 rings (SSSR count). The van der Waals surface area contributed by atoms with Crippen LogP contribution in [0.15, 0.2) is 4.40 Å². The summed E-state index contributed by atoms with van der Waals surface area (Å²) < 4.78 is 62.4. The summed E-state index contributed by atoms with van der Waals surface area (Å²) in [7, 11) is -5.67. The summed E-state index contributed by atoms with van der Waals surface area (Å²) in [6.45, 7) is 1.90. The zero-order valence-corrected chi connectivity index (χ0v) is 9.56. The average molecular weight is 275 g/mol. The lowest BCUT2D eigenvalue weighted by molar-refractivity contribution is -0.0435. The summed E-state index contributed by atoms with van der Waals surface area (Å²) >= 11 is 0. The molecule has 0 fully saturated rings. The maximum absolute atomic E-state index is 11.7. The molecular formula is C7H10F3N2O4S. The Balaban J connectivity index is 4.16. The van der Waals surface area contributed by atoms with E-state index in [-0.39, 0.29) is 6.61 Å². The summed E-state index contributed by atoms with van der Waals surface area (Å²) in [6, 6.07) is 0. The van der Waals surface area contributed by atoms with Crippen molar-refractivity contribution in [3.05, 3.63) is 0 Å². The molecule has 1 radical (unpaired) electrons. The second kappa shape index (κ2) is 6.42. The zero-order chi connectivity index (χ0) is 13.5. The van der Waals surface area contributed by atoms with Crippen molar-refractivity contribution in [1.29, 1.82) is 0 Å². The van der Waals surface area contributed by atoms with Gasteiger partial charge in [0.25, 0.3) is 0 Å². The number of sulfonamides is 1. The number of nitrogens with zero attached hydrogens (tertiary/aromatic N) is 1. The molecule has 0 aromatic carbocycles. The van der Waals surface area contributed by atoms with Crippen LogP contribution in [0.25, 0.3) is 0 Å². The number of halogens is 3. The van der Waals surface area contributed by atoms with Gasteiger partial charge in [0.05, 0.1) is 6.61 Å². The smallest absolute Gasteiger partial charge is 0.449 e. The summed E-state index contributed by atoms with van der Waals surface area (Å²) in [5, 5.41) is 1.51. The summed E-state index contributed by atoms with van der Waals surface area (Å²) in [5.41, 5.74) is -5.52. The third kappa shape index (κ3) is 6.09. The van der Waals surface area contributed by atoms with Gasteiger partial charge in [-0.1, -0.05) is 13.3 Å². The fourth-order valence-corrected chi connectivity index (χ4v) is 0.795. The highest BCUT2D eigenvalue weighted by molar-refractivity contribution is 7.91. The van der Waals surface area contributed by atoms with Crippen molar-refractivity contribution in [2.45, 2.75) is 25.3 Å². The van der Waals surface area contributed by atoms with Gasteiger partial charge in [0, 0.05) is 0 Å². The lowest BCUT2D eigenvalue weighted by Crippen LogP contribution is -2.26. The van der Waals surface area contributed by atoms with Gasteiger partial charge in [-0.3, -0.25) is 5.32 Å². The summed E-state index contributed by atoms with van der Waals surface area (Å²) in [6.07, 6.45) is 1.46. The average Bonchev–Trinajstić information content (AvgIpc) is 2.16. The highest BCUT2D eigenvalue weighted by atomic mass is 32.2. The predicted octanol–water partition coefficient (Wildman–Crippen LogP) is 1.27. The molecule has 0 spiro atoms. The molecule has 0 unspecified atom stereocenters. The molecule has 6 nitrogen and oxygen atoms in total. The molecule has 99 valence electrons. The SMILES string of the molecule is CCCCOC(=O)N/[C]=N/S(=O)(=O)C(F)(F)F. The first-order valence-electron chi connectivity index (χ1n) is 4.41. The Morgan fingerprint density at radius 3 is 2.53 bits per heavy atom. The molecule has 0 saturated heterocycles. The molecule has 0 atom stereocenters. The van der Waals surface area contributed by atoms with E-state index in [9.17, 15) is 26.4 Å². The van der Waals surface area contributed by atoms with Gasteiger partial charge >= 0.3 is 21.6 Å². The van der Waals surface area contributed by atoms with Crippen LogP contribution >= 0.6 is 0 Å². The summed E-state index contributed by atoms with van der Waals surface area (Å²) in [4.78, 5) is 10.7. The van der Waals surface area contributed by atoms with E-state index in [1.54, 1.807) is 0 Å². The Labute approximate surface area is 95.9 Å². The van der Waals surface area contributed by atoms with Crippen molar-refractivity contribution in [1.82, 2.24) is 5.32 Å². The van der Waals surface area contributed by atoms with Gasteiger partial charge in [0.15, 0.2) is 6.34 Å². The van der Waals surface area contributed by atoms with Crippen LogP contribution in [-0.2, 0) is 14.8 Å².